The van der Waals surface area contributed by atoms with Crippen molar-refractivity contribution in [2.24, 2.45) is 0 Å². The van der Waals surface area contributed by atoms with Gasteiger partial charge in [-0.1, -0.05) is 73.7 Å². The molecule has 0 unspecified atom stereocenters. The third-order valence-corrected chi connectivity index (χ3v) is 8.79. The van der Waals surface area contributed by atoms with Gasteiger partial charge in [-0.05, 0) is 69.0 Å². The molecule has 0 spiro atoms. The van der Waals surface area contributed by atoms with Crippen LogP contribution in [0.2, 0.25) is 0 Å². The van der Waals surface area contributed by atoms with Crippen LogP contribution >= 0.6 is 15.9 Å². The molecule has 48 heavy (non-hydrogen) atoms. The van der Waals surface area contributed by atoms with Crippen molar-refractivity contribution >= 4 is 33.4 Å². The number of benzene rings is 1. The number of allylic oxidation sites excluding steroid dienone is 7. The molecule has 258 valence electrons. The van der Waals surface area contributed by atoms with Gasteiger partial charge in [-0.3, -0.25) is 14.5 Å². The van der Waals surface area contributed by atoms with Crippen LogP contribution in [-0.2, 0) is 9.59 Å². The lowest BCUT2D eigenvalue weighted by Gasteiger charge is -2.36. The van der Waals surface area contributed by atoms with E-state index < -0.39 is 5.82 Å². The maximum atomic E-state index is 14.7. The Hall–Kier alpha value is -4.31. The molecule has 1 saturated carbocycles. The molecule has 8 nitrogen and oxygen atoms in total. The normalized spacial score (nSPS) is 15.4. The predicted octanol–water partition coefficient (Wildman–Crippen LogP) is 7.83. The van der Waals surface area contributed by atoms with Crippen LogP contribution in [0, 0.1) is 5.82 Å². The maximum absolute atomic E-state index is 14.7. The number of amides is 2. The second-order valence-corrected chi connectivity index (χ2v) is 12.9. The molecule has 3 N–H and O–H groups in total. The highest BCUT2D eigenvalue weighted by Crippen LogP contribution is 2.37. The minimum atomic E-state index is -0.419. The Morgan fingerprint density at radius 2 is 1.90 bits per heavy atom. The molecule has 1 fully saturated rings. The van der Waals surface area contributed by atoms with E-state index in [-0.39, 0.29) is 23.5 Å². The molecule has 1 aromatic rings. The maximum Gasteiger partial charge on any atom is 0.263 e. The quantitative estimate of drug-likeness (QED) is 0.170. The Balaban J connectivity index is 0.000000408. The standard InChI is InChI=1S/C28H30BrFN4O.C10H20N2O/c1-18-16-26(31-25-15-12-21(29)17-24(25)30)27(19(2)32(18)4)28(35)34(23-13-14-23)20(3)33(5)22-10-8-6-7-9-11-22;1-4-5-6-7-10(13)12-8-9(2)11-3/h6,8-12,15-17,23,31H,1,3,7,13-14H2,2,4-5H3;11H,2,4-8H2,1,3H3,(H,12,13). The molecule has 1 aliphatic heterocycles. The largest absolute Gasteiger partial charge is 0.390 e. The number of hydrogen-bond acceptors (Lipinski definition) is 6. The van der Waals surface area contributed by atoms with Crippen molar-refractivity contribution in [1.29, 1.82) is 0 Å². The van der Waals surface area contributed by atoms with Gasteiger partial charge in [0.2, 0.25) is 5.91 Å². The summed E-state index contributed by atoms with van der Waals surface area (Å²) in [5, 5.41) is 8.81. The van der Waals surface area contributed by atoms with E-state index in [1.54, 1.807) is 30.2 Å². The van der Waals surface area contributed by atoms with Crippen LogP contribution in [0.5, 0.6) is 0 Å². The van der Waals surface area contributed by atoms with Crippen molar-refractivity contribution in [3.63, 3.8) is 0 Å². The molecule has 0 bridgehead atoms. The third kappa shape index (κ3) is 10.6. The molecule has 0 radical (unpaired) electrons. The van der Waals surface area contributed by atoms with Gasteiger partial charge in [0, 0.05) is 60.9 Å². The molecule has 1 aromatic carbocycles. The Morgan fingerprint density at radius 3 is 2.54 bits per heavy atom. The van der Waals surface area contributed by atoms with Gasteiger partial charge >= 0.3 is 0 Å². The lowest BCUT2D eigenvalue weighted by atomic mass is 10.0. The first-order chi connectivity index (χ1) is 22.9. The smallest absolute Gasteiger partial charge is 0.263 e. The van der Waals surface area contributed by atoms with Crippen LogP contribution in [-0.4, -0.2) is 60.2 Å². The highest BCUT2D eigenvalue weighted by atomic mass is 79.9. The Bertz CT molecular complexity index is 1550. The minimum absolute atomic E-state index is 0.0738. The van der Waals surface area contributed by atoms with E-state index in [4.69, 9.17) is 0 Å². The Labute approximate surface area is 294 Å². The number of anilines is 1. The average molecular weight is 722 g/mol. The Kier molecular flexibility index (Phi) is 14.5. The number of likely N-dealkylation sites (N-methyl/N-ethyl adjacent to an activating group) is 3. The van der Waals surface area contributed by atoms with Crippen molar-refractivity contribution in [1.82, 2.24) is 25.3 Å². The van der Waals surface area contributed by atoms with E-state index in [9.17, 15) is 14.0 Å². The molecule has 0 aromatic heterocycles. The summed E-state index contributed by atoms with van der Waals surface area (Å²) >= 11 is 3.29. The van der Waals surface area contributed by atoms with Gasteiger partial charge in [-0.2, -0.15) is 0 Å². The molecular formula is C38H50BrFN6O2. The highest BCUT2D eigenvalue weighted by Gasteiger charge is 2.39. The molecule has 4 rings (SSSR count). The number of nitrogens with zero attached hydrogens (tertiary/aromatic N) is 3. The summed E-state index contributed by atoms with van der Waals surface area (Å²) in [6, 6.07) is 4.86. The van der Waals surface area contributed by atoms with Crippen molar-refractivity contribution in [3.05, 3.63) is 125 Å². The van der Waals surface area contributed by atoms with E-state index in [1.807, 2.05) is 49.0 Å². The SMILES string of the molecule is C=C(CNC(=O)CCCCC)NC.C=C1C=C(Nc2ccc(Br)cc2F)C(C(=O)N(C(=C)N(C)C2=CC=CCC=C2)C2CC2)=C(C)N1C. The second-order valence-electron chi connectivity index (χ2n) is 11.9. The highest BCUT2D eigenvalue weighted by molar-refractivity contribution is 9.10. The first kappa shape index (κ1) is 38.1. The fraction of sp³-hybridized carbons (Fsp3) is 0.368. The van der Waals surface area contributed by atoms with Gasteiger partial charge in [-0.25, -0.2) is 4.39 Å². The summed E-state index contributed by atoms with van der Waals surface area (Å²) in [5.74, 6) is 0.124. The number of rotatable bonds is 14. The van der Waals surface area contributed by atoms with Crippen LogP contribution < -0.4 is 16.0 Å². The molecule has 3 aliphatic rings. The second kappa shape index (κ2) is 18.3. The van der Waals surface area contributed by atoms with Crippen molar-refractivity contribution in [2.45, 2.75) is 64.8 Å². The molecule has 1 heterocycles. The molecule has 2 amide bonds. The number of carbonyl (C=O) groups excluding carboxylic acids is 2. The van der Waals surface area contributed by atoms with E-state index in [0.717, 1.165) is 55.6 Å². The van der Waals surface area contributed by atoms with E-state index >= 15 is 0 Å². The van der Waals surface area contributed by atoms with Crippen LogP contribution in [0.25, 0.3) is 0 Å². The number of carbonyl (C=O) groups is 2. The van der Waals surface area contributed by atoms with E-state index in [2.05, 4.69) is 70.7 Å². The number of hydrogen-bond donors (Lipinski definition) is 3. The summed E-state index contributed by atoms with van der Waals surface area (Å²) in [6.45, 7) is 16.6. The van der Waals surface area contributed by atoms with Crippen LogP contribution in [0.15, 0.2) is 119 Å². The summed E-state index contributed by atoms with van der Waals surface area (Å²) in [7, 11) is 5.59. The monoisotopic (exact) mass is 720 g/mol. The van der Waals surface area contributed by atoms with E-state index in [1.165, 1.54) is 6.07 Å². The predicted molar refractivity (Wildman–Crippen MR) is 199 cm³/mol. The zero-order chi connectivity index (χ0) is 35.4. The lowest BCUT2D eigenvalue weighted by molar-refractivity contribution is -0.126. The van der Waals surface area contributed by atoms with Crippen molar-refractivity contribution < 1.29 is 14.0 Å². The van der Waals surface area contributed by atoms with Gasteiger partial charge in [0.25, 0.3) is 5.91 Å². The molecule has 0 atom stereocenters. The lowest BCUT2D eigenvalue weighted by Crippen LogP contribution is -2.41. The summed E-state index contributed by atoms with van der Waals surface area (Å²) in [4.78, 5) is 30.9. The van der Waals surface area contributed by atoms with Crippen LogP contribution in [0.3, 0.4) is 0 Å². The van der Waals surface area contributed by atoms with Crippen LogP contribution in [0.1, 0.15) is 58.8 Å². The number of halogens is 2. The first-order valence-electron chi connectivity index (χ1n) is 16.4. The van der Waals surface area contributed by atoms with Gasteiger partial charge < -0.3 is 25.8 Å². The van der Waals surface area contributed by atoms with Gasteiger partial charge in [0.05, 0.1) is 23.5 Å². The van der Waals surface area contributed by atoms with E-state index in [0.29, 0.717) is 40.2 Å². The van der Waals surface area contributed by atoms with Gasteiger partial charge in [0.1, 0.15) is 11.6 Å². The average Bonchev–Trinajstić information content (AvgIpc) is 3.92. The van der Waals surface area contributed by atoms with Crippen molar-refractivity contribution in [3.8, 4) is 0 Å². The van der Waals surface area contributed by atoms with Gasteiger partial charge in [0.15, 0.2) is 0 Å². The first-order valence-corrected chi connectivity index (χ1v) is 17.2. The zero-order valence-corrected chi connectivity index (χ0v) is 30.6. The van der Waals surface area contributed by atoms with Gasteiger partial charge in [-0.15, -0.1) is 0 Å². The summed E-state index contributed by atoms with van der Waals surface area (Å²) in [5.41, 5.74) is 4.48. The minimum Gasteiger partial charge on any atom is -0.390 e. The number of nitrogens with one attached hydrogen (secondary N) is 3. The molecular weight excluding hydrogens is 671 g/mol. The van der Waals surface area contributed by atoms with Crippen molar-refractivity contribution in [2.75, 3.05) is 33.0 Å². The molecule has 10 heteroatoms. The fourth-order valence-electron chi connectivity index (χ4n) is 4.99. The fourth-order valence-corrected chi connectivity index (χ4v) is 5.32. The molecule has 2 aliphatic carbocycles. The topological polar surface area (TPSA) is 79.9 Å². The summed E-state index contributed by atoms with van der Waals surface area (Å²) in [6.07, 6.45) is 18.6. The summed E-state index contributed by atoms with van der Waals surface area (Å²) < 4.78 is 15.3. The zero-order valence-electron chi connectivity index (χ0n) is 29.0. The third-order valence-electron chi connectivity index (χ3n) is 8.30. The van der Waals surface area contributed by atoms with Crippen LogP contribution in [0.4, 0.5) is 10.1 Å². The molecule has 0 saturated heterocycles. The number of unbranched alkanes of at least 4 members (excludes halogenated alkanes) is 2. The Morgan fingerprint density at radius 1 is 1.17 bits per heavy atom.